The maximum atomic E-state index is 13.7. The van der Waals surface area contributed by atoms with Crippen molar-refractivity contribution in [1.29, 1.82) is 0 Å². The predicted molar refractivity (Wildman–Crippen MR) is 75.8 cm³/mol. The molecule has 1 amide bonds. The number of hydrogen-bond donors (Lipinski definition) is 2. The highest BCUT2D eigenvalue weighted by molar-refractivity contribution is 7.89. The van der Waals surface area contributed by atoms with E-state index >= 15 is 0 Å². The van der Waals surface area contributed by atoms with E-state index in [2.05, 4.69) is 0 Å². The first-order chi connectivity index (χ1) is 9.85. The van der Waals surface area contributed by atoms with Crippen molar-refractivity contribution in [3.8, 4) is 0 Å². The number of amides is 1. The summed E-state index contributed by atoms with van der Waals surface area (Å²) in [5.74, 6) is -1.23. The first-order valence-corrected chi connectivity index (χ1v) is 8.11. The molecule has 0 aliphatic carbocycles. The first kappa shape index (κ1) is 15.9. The molecule has 0 unspecified atom stereocenters. The molecule has 1 saturated heterocycles. The number of nitrogens with one attached hydrogen (secondary N) is 1. The summed E-state index contributed by atoms with van der Waals surface area (Å²) in [6, 6.07) is 3.25. The molecule has 116 valence electrons. The number of piperidine rings is 1. The van der Waals surface area contributed by atoms with Gasteiger partial charge in [0.2, 0.25) is 10.0 Å². The smallest absolute Gasteiger partial charge is 0.253 e. The van der Waals surface area contributed by atoms with Gasteiger partial charge in [0.1, 0.15) is 10.7 Å². The number of carbonyl (C=O) groups excluding carboxylic acids is 1. The van der Waals surface area contributed by atoms with Crippen molar-refractivity contribution in [2.75, 3.05) is 20.1 Å². The molecule has 1 fully saturated rings. The molecule has 1 aliphatic heterocycles. The molecular weight excluding hydrogens is 297 g/mol. The lowest BCUT2D eigenvalue weighted by Crippen LogP contribution is -2.45. The molecule has 1 aromatic rings. The van der Waals surface area contributed by atoms with Crippen molar-refractivity contribution in [3.63, 3.8) is 0 Å². The number of likely N-dealkylation sites (tertiary alicyclic amines) is 1. The van der Waals surface area contributed by atoms with E-state index in [1.54, 1.807) is 4.90 Å². The standard InChI is InChI=1S/C13H18FN3O3S/c1-16-21(19,20)12-7-9(4-5-11(12)14)13(18)17-6-2-3-10(15)8-17/h4-5,7,10,16H,2-3,6,8,15H2,1H3/t10-/m1/s1. The van der Waals surface area contributed by atoms with Crippen LogP contribution in [0.25, 0.3) is 0 Å². The fourth-order valence-electron chi connectivity index (χ4n) is 2.33. The van der Waals surface area contributed by atoms with E-state index in [4.69, 9.17) is 5.73 Å². The molecular formula is C13H18FN3O3S. The Morgan fingerprint density at radius 2 is 2.19 bits per heavy atom. The number of sulfonamides is 1. The molecule has 0 spiro atoms. The highest BCUT2D eigenvalue weighted by Crippen LogP contribution is 2.19. The van der Waals surface area contributed by atoms with Gasteiger partial charge in [0.25, 0.3) is 5.91 Å². The van der Waals surface area contributed by atoms with Crippen LogP contribution in [0, 0.1) is 5.82 Å². The maximum absolute atomic E-state index is 13.7. The second-order valence-corrected chi connectivity index (χ2v) is 6.86. The van der Waals surface area contributed by atoms with Gasteiger partial charge < -0.3 is 10.6 Å². The van der Waals surface area contributed by atoms with Crippen molar-refractivity contribution < 1.29 is 17.6 Å². The fourth-order valence-corrected chi connectivity index (χ4v) is 3.16. The van der Waals surface area contributed by atoms with Crippen molar-refractivity contribution >= 4 is 15.9 Å². The van der Waals surface area contributed by atoms with Crippen LogP contribution in [-0.2, 0) is 10.0 Å². The largest absolute Gasteiger partial charge is 0.337 e. The minimum atomic E-state index is -3.95. The SMILES string of the molecule is CNS(=O)(=O)c1cc(C(=O)N2CCC[C@@H](N)C2)ccc1F. The molecule has 1 atom stereocenters. The van der Waals surface area contributed by atoms with Gasteiger partial charge in [-0.15, -0.1) is 0 Å². The van der Waals surface area contributed by atoms with E-state index < -0.39 is 20.7 Å². The first-order valence-electron chi connectivity index (χ1n) is 6.63. The Hall–Kier alpha value is -1.51. The van der Waals surface area contributed by atoms with Crippen LogP contribution in [0.2, 0.25) is 0 Å². The van der Waals surface area contributed by atoms with Gasteiger partial charge in [0.05, 0.1) is 0 Å². The van der Waals surface area contributed by atoms with E-state index in [-0.39, 0.29) is 17.5 Å². The zero-order valence-corrected chi connectivity index (χ0v) is 12.5. The highest BCUT2D eigenvalue weighted by Gasteiger charge is 2.25. The van der Waals surface area contributed by atoms with Crippen molar-refractivity contribution in [1.82, 2.24) is 9.62 Å². The molecule has 0 radical (unpaired) electrons. The van der Waals surface area contributed by atoms with Crippen LogP contribution < -0.4 is 10.5 Å². The van der Waals surface area contributed by atoms with Crippen LogP contribution in [-0.4, -0.2) is 45.4 Å². The molecule has 3 N–H and O–H groups in total. The van der Waals surface area contributed by atoms with E-state index in [0.717, 1.165) is 25.0 Å². The van der Waals surface area contributed by atoms with Crippen LogP contribution in [0.1, 0.15) is 23.2 Å². The van der Waals surface area contributed by atoms with E-state index in [9.17, 15) is 17.6 Å². The van der Waals surface area contributed by atoms with Crippen molar-refractivity contribution in [2.24, 2.45) is 5.73 Å². The number of nitrogens with two attached hydrogens (primary N) is 1. The number of benzene rings is 1. The van der Waals surface area contributed by atoms with Gasteiger partial charge in [-0.3, -0.25) is 4.79 Å². The molecule has 1 heterocycles. The van der Waals surface area contributed by atoms with Crippen LogP contribution >= 0.6 is 0 Å². The van der Waals surface area contributed by atoms with Gasteiger partial charge in [0, 0.05) is 24.7 Å². The summed E-state index contributed by atoms with van der Waals surface area (Å²) in [6.45, 7) is 0.988. The summed E-state index contributed by atoms with van der Waals surface area (Å²) < 4.78 is 39.2. The fraction of sp³-hybridized carbons (Fsp3) is 0.462. The lowest BCUT2D eigenvalue weighted by Gasteiger charge is -2.30. The number of halogens is 1. The van der Waals surface area contributed by atoms with E-state index in [1.807, 2.05) is 4.72 Å². The third-order valence-corrected chi connectivity index (χ3v) is 4.91. The second kappa shape index (κ2) is 6.08. The predicted octanol–water partition coefficient (Wildman–Crippen LogP) is 0.297. The summed E-state index contributed by atoms with van der Waals surface area (Å²) in [5.41, 5.74) is 5.96. The normalized spacial score (nSPS) is 19.6. The number of hydrogen-bond acceptors (Lipinski definition) is 4. The lowest BCUT2D eigenvalue weighted by atomic mass is 10.1. The van der Waals surface area contributed by atoms with Gasteiger partial charge in [-0.05, 0) is 38.1 Å². The Labute approximate surface area is 123 Å². The van der Waals surface area contributed by atoms with E-state index in [1.165, 1.54) is 13.1 Å². The third kappa shape index (κ3) is 3.39. The van der Waals surface area contributed by atoms with Gasteiger partial charge in [-0.1, -0.05) is 0 Å². The summed E-state index contributed by atoms with van der Waals surface area (Å²) >= 11 is 0. The molecule has 2 rings (SSSR count). The zero-order chi connectivity index (χ0) is 15.6. The van der Waals surface area contributed by atoms with Crippen LogP contribution in [0.3, 0.4) is 0 Å². The molecule has 8 heteroatoms. The number of nitrogens with zero attached hydrogens (tertiary/aromatic N) is 1. The molecule has 0 saturated carbocycles. The lowest BCUT2D eigenvalue weighted by molar-refractivity contribution is 0.0708. The quantitative estimate of drug-likeness (QED) is 0.839. The average Bonchev–Trinajstić information content (AvgIpc) is 2.47. The summed E-state index contributed by atoms with van der Waals surface area (Å²) in [7, 11) is -2.76. The highest BCUT2D eigenvalue weighted by atomic mass is 32.2. The van der Waals surface area contributed by atoms with Crippen molar-refractivity contribution in [3.05, 3.63) is 29.6 Å². The second-order valence-electron chi connectivity index (χ2n) is 5.01. The minimum absolute atomic E-state index is 0.0799. The number of carbonyl (C=O) groups is 1. The molecule has 1 aromatic carbocycles. The molecule has 0 bridgehead atoms. The molecule has 6 nitrogen and oxygen atoms in total. The summed E-state index contributed by atoms with van der Waals surface area (Å²) in [4.78, 5) is 13.4. The topological polar surface area (TPSA) is 92.5 Å². The van der Waals surface area contributed by atoms with E-state index in [0.29, 0.717) is 13.1 Å². The Bertz CT molecular complexity index is 648. The third-order valence-electron chi connectivity index (χ3n) is 3.48. The molecule has 1 aliphatic rings. The van der Waals surface area contributed by atoms with Gasteiger partial charge in [-0.2, -0.15) is 0 Å². The Morgan fingerprint density at radius 3 is 2.81 bits per heavy atom. The van der Waals surface area contributed by atoms with Crippen LogP contribution in [0.5, 0.6) is 0 Å². The minimum Gasteiger partial charge on any atom is -0.337 e. The summed E-state index contributed by atoms with van der Waals surface area (Å²) in [5, 5.41) is 0. The summed E-state index contributed by atoms with van der Waals surface area (Å²) in [6.07, 6.45) is 1.66. The zero-order valence-electron chi connectivity index (χ0n) is 11.7. The van der Waals surface area contributed by atoms with Crippen LogP contribution in [0.15, 0.2) is 23.1 Å². The van der Waals surface area contributed by atoms with Crippen LogP contribution in [0.4, 0.5) is 4.39 Å². The Morgan fingerprint density at radius 1 is 1.48 bits per heavy atom. The maximum Gasteiger partial charge on any atom is 0.253 e. The average molecular weight is 315 g/mol. The van der Waals surface area contributed by atoms with Gasteiger partial charge >= 0.3 is 0 Å². The Kier molecular flexibility index (Phi) is 4.60. The monoisotopic (exact) mass is 315 g/mol. The number of rotatable bonds is 3. The van der Waals surface area contributed by atoms with Crippen molar-refractivity contribution in [2.45, 2.75) is 23.8 Å². The molecule has 0 aromatic heterocycles. The van der Waals surface area contributed by atoms with Gasteiger partial charge in [-0.25, -0.2) is 17.5 Å². The van der Waals surface area contributed by atoms with Gasteiger partial charge in [0.15, 0.2) is 0 Å². The Balaban J connectivity index is 2.32. The molecule has 21 heavy (non-hydrogen) atoms.